The Morgan fingerprint density at radius 1 is 1.35 bits per heavy atom. The van der Waals surface area contributed by atoms with Gasteiger partial charge in [0.05, 0.1) is 12.5 Å². The van der Waals surface area contributed by atoms with Crippen LogP contribution in [0.25, 0.3) is 11.5 Å². The van der Waals surface area contributed by atoms with Crippen molar-refractivity contribution in [1.29, 1.82) is 0 Å². The Hall–Kier alpha value is -1.69. The van der Waals surface area contributed by atoms with Crippen LogP contribution >= 0.6 is 0 Å². The van der Waals surface area contributed by atoms with Gasteiger partial charge >= 0.3 is 0 Å². The molecule has 6 heteroatoms. The molecule has 0 aliphatic carbocycles. The smallest absolute Gasteiger partial charge is 0.227 e. The fourth-order valence-corrected chi connectivity index (χ4v) is 3.60. The second kappa shape index (κ2) is 4.70. The third-order valence-corrected chi connectivity index (χ3v) is 4.55. The van der Waals surface area contributed by atoms with Crippen molar-refractivity contribution in [3.63, 3.8) is 0 Å². The molecule has 0 radical (unpaired) electrons. The number of fused-ring (bicyclic) bond motifs is 2. The van der Waals surface area contributed by atoms with Crippen molar-refractivity contribution in [3.05, 3.63) is 18.4 Å². The molecule has 6 nitrogen and oxygen atoms in total. The molecule has 2 aliphatic heterocycles. The lowest BCUT2D eigenvalue weighted by Gasteiger charge is -2.27. The van der Waals surface area contributed by atoms with Crippen LogP contribution in [-0.2, 0) is 13.5 Å². The quantitative estimate of drug-likeness (QED) is 0.918. The van der Waals surface area contributed by atoms with E-state index < -0.39 is 0 Å². The number of aromatic nitrogens is 4. The highest BCUT2D eigenvalue weighted by Gasteiger charge is 2.34. The minimum Gasteiger partial charge on any atom is -0.339 e. The van der Waals surface area contributed by atoms with Crippen LogP contribution in [0.15, 0.2) is 17.0 Å². The molecule has 106 valence electrons. The Labute approximate surface area is 117 Å². The van der Waals surface area contributed by atoms with Gasteiger partial charge in [0, 0.05) is 25.6 Å². The largest absolute Gasteiger partial charge is 0.339 e. The number of hydrogen-bond donors (Lipinski definition) is 1. The molecule has 20 heavy (non-hydrogen) atoms. The maximum absolute atomic E-state index is 5.41. The zero-order valence-electron chi connectivity index (χ0n) is 11.6. The van der Waals surface area contributed by atoms with Crippen LogP contribution in [-0.4, -0.2) is 31.8 Å². The van der Waals surface area contributed by atoms with Gasteiger partial charge in [-0.1, -0.05) is 5.16 Å². The first-order valence-corrected chi connectivity index (χ1v) is 7.33. The van der Waals surface area contributed by atoms with Gasteiger partial charge in [-0.15, -0.1) is 0 Å². The molecule has 2 atom stereocenters. The van der Waals surface area contributed by atoms with E-state index in [1.165, 1.54) is 25.7 Å². The molecule has 2 aliphatic rings. The van der Waals surface area contributed by atoms with Crippen molar-refractivity contribution in [1.82, 2.24) is 25.0 Å². The molecular weight excluding hydrogens is 254 g/mol. The Bertz CT molecular complexity index is 592. The van der Waals surface area contributed by atoms with E-state index in [2.05, 4.69) is 20.4 Å². The van der Waals surface area contributed by atoms with Gasteiger partial charge < -0.3 is 14.4 Å². The molecule has 2 aromatic rings. The zero-order valence-corrected chi connectivity index (χ0v) is 11.6. The van der Waals surface area contributed by atoms with Crippen molar-refractivity contribution in [2.75, 3.05) is 0 Å². The summed E-state index contributed by atoms with van der Waals surface area (Å²) >= 11 is 0. The van der Waals surface area contributed by atoms with Crippen molar-refractivity contribution in [2.24, 2.45) is 13.0 Å². The van der Waals surface area contributed by atoms with Crippen molar-refractivity contribution < 1.29 is 4.52 Å². The Morgan fingerprint density at radius 3 is 2.85 bits per heavy atom. The highest BCUT2D eigenvalue weighted by molar-refractivity contribution is 5.46. The number of nitrogens with one attached hydrogen (secondary N) is 1. The van der Waals surface area contributed by atoms with Crippen LogP contribution in [0.1, 0.15) is 31.6 Å². The van der Waals surface area contributed by atoms with Gasteiger partial charge in [0.1, 0.15) is 5.69 Å². The van der Waals surface area contributed by atoms with Crippen LogP contribution in [0.2, 0.25) is 0 Å². The van der Waals surface area contributed by atoms with Crippen LogP contribution in [0.3, 0.4) is 0 Å². The monoisotopic (exact) mass is 273 g/mol. The Morgan fingerprint density at radius 2 is 2.15 bits per heavy atom. The zero-order chi connectivity index (χ0) is 13.5. The summed E-state index contributed by atoms with van der Waals surface area (Å²) in [6.45, 7) is 0. The van der Waals surface area contributed by atoms with Crippen LogP contribution < -0.4 is 5.32 Å². The van der Waals surface area contributed by atoms with Crippen molar-refractivity contribution in [3.8, 4) is 11.5 Å². The van der Waals surface area contributed by atoms with E-state index >= 15 is 0 Å². The van der Waals surface area contributed by atoms with Gasteiger partial charge in [-0.2, -0.15) is 4.98 Å². The second-order valence-corrected chi connectivity index (χ2v) is 6.08. The molecule has 2 bridgehead atoms. The topological polar surface area (TPSA) is 68.8 Å². The summed E-state index contributed by atoms with van der Waals surface area (Å²) < 4.78 is 7.32. The average molecular weight is 273 g/mol. The van der Waals surface area contributed by atoms with Gasteiger partial charge in [0.2, 0.25) is 11.7 Å². The lowest BCUT2D eigenvalue weighted by Crippen LogP contribution is -2.38. The van der Waals surface area contributed by atoms with E-state index in [0.717, 1.165) is 18.0 Å². The molecule has 1 N–H and O–H groups in total. The first-order chi connectivity index (χ1) is 9.78. The molecule has 2 aromatic heterocycles. The van der Waals surface area contributed by atoms with E-state index in [-0.39, 0.29) is 0 Å². The third kappa shape index (κ3) is 2.14. The highest BCUT2D eigenvalue weighted by atomic mass is 16.5. The minimum absolute atomic E-state index is 0.636. The van der Waals surface area contributed by atoms with Gasteiger partial charge in [-0.3, -0.25) is 0 Å². The molecular formula is C14H19N5O. The molecule has 0 saturated carbocycles. The van der Waals surface area contributed by atoms with E-state index in [1.54, 1.807) is 12.5 Å². The van der Waals surface area contributed by atoms with E-state index in [9.17, 15) is 0 Å². The Kier molecular flexibility index (Phi) is 2.84. The summed E-state index contributed by atoms with van der Waals surface area (Å²) in [5.74, 6) is 2.07. The van der Waals surface area contributed by atoms with Crippen molar-refractivity contribution >= 4 is 0 Å². The molecule has 4 heterocycles. The van der Waals surface area contributed by atoms with Gasteiger partial charge in [-0.05, 0) is 31.6 Å². The maximum atomic E-state index is 5.41. The number of piperidine rings is 1. The van der Waals surface area contributed by atoms with Crippen LogP contribution in [0.4, 0.5) is 0 Å². The van der Waals surface area contributed by atoms with Crippen LogP contribution in [0.5, 0.6) is 0 Å². The lowest BCUT2D eigenvalue weighted by atomic mass is 9.90. The number of aryl methyl sites for hydroxylation is 1. The molecule has 0 aromatic carbocycles. The average Bonchev–Trinajstić information content (AvgIpc) is 3.11. The van der Waals surface area contributed by atoms with Gasteiger partial charge in [-0.25, -0.2) is 4.98 Å². The molecule has 0 amide bonds. The molecule has 2 unspecified atom stereocenters. The number of rotatable bonds is 3. The molecule has 2 saturated heterocycles. The standard InChI is InChI=1S/C14H19N5O/c1-19-8-15-7-12(19)14-17-13(20-18-14)6-9-4-10-2-3-11(5-9)16-10/h7-11,16H,2-6H2,1H3. The van der Waals surface area contributed by atoms with Gasteiger partial charge in [0.25, 0.3) is 0 Å². The van der Waals surface area contributed by atoms with Crippen LogP contribution in [0, 0.1) is 5.92 Å². The summed E-state index contributed by atoms with van der Waals surface area (Å²) in [5.41, 5.74) is 0.894. The minimum atomic E-state index is 0.636. The van der Waals surface area contributed by atoms with Gasteiger partial charge in [0.15, 0.2) is 0 Å². The molecule has 0 spiro atoms. The molecule has 2 fully saturated rings. The highest BCUT2D eigenvalue weighted by Crippen LogP contribution is 2.32. The summed E-state index contributed by atoms with van der Waals surface area (Å²) in [6.07, 6.45) is 9.53. The van der Waals surface area contributed by atoms with E-state index in [0.29, 0.717) is 23.8 Å². The first kappa shape index (κ1) is 12.1. The lowest BCUT2D eigenvalue weighted by molar-refractivity contribution is 0.270. The predicted octanol–water partition coefficient (Wildman–Crippen LogP) is 1.54. The maximum Gasteiger partial charge on any atom is 0.227 e. The molecule has 4 rings (SSSR count). The summed E-state index contributed by atoms with van der Waals surface area (Å²) in [5, 5.41) is 7.74. The summed E-state index contributed by atoms with van der Waals surface area (Å²) in [4.78, 5) is 8.60. The SMILES string of the molecule is Cn1cncc1-c1noc(CC2CC3CCC(C2)N3)n1. The summed E-state index contributed by atoms with van der Waals surface area (Å²) in [7, 11) is 1.93. The third-order valence-electron chi connectivity index (χ3n) is 4.55. The van der Waals surface area contributed by atoms with Crippen molar-refractivity contribution in [2.45, 2.75) is 44.2 Å². The predicted molar refractivity (Wildman–Crippen MR) is 72.9 cm³/mol. The van der Waals surface area contributed by atoms with E-state index in [4.69, 9.17) is 4.52 Å². The van der Waals surface area contributed by atoms with E-state index in [1.807, 2.05) is 11.6 Å². The second-order valence-electron chi connectivity index (χ2n) is 6.08. The fraction of sp³-hybridized carbons (Fsp3) is 0.643. The fourth-order valence-electron chi connectivity index (χ4n) is 3.60. The number of hydrogen-bond acceptors (Lipinski definition) is 5. The normalized spacial score (nSPS) is 28.9. The first-order valence-electron chi connectivity index (χ1n) is 7.33. The Balaban J connectivity index is 1.47. The summed E-state index contributed by atoms with van der Waals surface area (Å²) in [6, 6.07) is 1.41. The number of imidazole rings is 1. The number of nitrogens with zero attached hydrogens (tertiary/aromatic N) is 4.